The van der Waals surface area contributed by atoms with Gasteiger partial charge < -0.3 is 24.4 Å². The number of ether oxygens (including phenoxy) is 2. The van der Waals surface area contributed by atoms with Crippen LogP contribution in [-0.4, -0.2) is 149 Å². The number of alkyl halides is 4. The van der Waals surface area contributed by atoms with E-state index in [0.717, 1.165) is 98.4 Å². The summed E-state index contributed by atoms with van der Waals surface area (Å²) in [7, 11) is 0. The van der Waals surface area contributed by atoms with Crippen LogP contribution in [0.2, 0.25) is 5.02 Å². The molecule has 380 valence electrons. The summed E-state index contributed by atoms with van der Waals surface area (Å²) < 4.78 is 43.5. The van der Waals surface area contributed by atoms with E-state index in [0.29, 0.717) is 58.0 Å². The van der Waals surface area contributed by atoms with Gasteiger partial charge in [0.2, 0.25) is 17.8 Å². The number of likely N-dealkylation sites (tertiary alicyclic amines) is 1. The number of carbonyl (C=O) groups excluding carboxylic acids is 4. The second-order valence-electron chi connectivity index (χ2n) is 18.6. The number of amides is 4. The fraction of sp³-hybridized carbons (Fsp3) is 0.440. The van der Waals surface area contributed by atoms with E-state index in [1.807, 2.05) is 48.5 Å². The monoisotopic (exact) mass is 1030 g/mol. The Morgan fingerprint density at radius 3 is 2.15 bits per heavy atom. The van der Waals surface area contributed by atoms with Crippen LogP contribution < -0.4 is 24.6 Å². The molecule has 0 saturated carbocycles. The summed E-state index contributed by atoms with van der Waals surface area (Å²) in [5, 5.41) is 19.5. The Morgan fingerprint density at radius 2 is 1.51 bits per heavy atom. The Morgan fingerprint density at radius 1 is 0.847 bits per heavy atom. The maximum absolute atomic E-state index is 13.3. The van der Waals surface area contributed by atoms with Crippen molar-refractivity contribution in [3.8, 4) is 17.6 Å². The van der Waals surface area contributed by atoms with Crippen LogP contribution in [0.3, 0.4) is 0 Å². The van der Waals surface area contributed by atoms with Gasteiger partial charge in [0, 0.05) is 88.2 Å². The summed E-state index contributed by atoms with van der Waals surface area (Å²) in [6.07, 6.45) is -0.836. The van der Waals surface area contributed by atoms with E-state index in [2.05, 4.69) is 49.8 Å². The molecule has 72 heavy (non-hydrogen) atoms. The number of nitrogens with one attached hydrogen (secondary N) is 1. The standard InChI is InChI=1S/C48H51Cl2N9O6.C2HF3O2/c1-48(2,32-23-30(26-51)43(40(50)24-32)64-22-14-49)31-3-6-37(7-4-31)65-29-33-11-15-52-47(53-33)57-20-18-56(19-21-57)34-12-16-55(17-13-34)36-27-58(28-36)35-5-8-38-39(25-35)46(63)59(45(38)62)41-9-10-42(60)54-44(41)61;3-2(4,5)1(6)7/h3-8,11,15,23-25,34,36,41H,9-10,12-14,16-22,27-29H2,1-2H3,(H,54,60,61);(H,6,7). The van der Waals surface area contributed by atoms with Crippen LogP contribution in [0.25, 0.3) is 0 Å². The number of imide groups is 2. The summed E-state index contributed by atoms with van der Waals surface area (Å²) in [5.41, 5.74) is 4.16. The van der Waals surface area contributed by atoms with Crippen molar-refractivity contribution >= 4 is 64.4 Å². The maximum Gasteiger partial charge on any atom is 0.490 e. The van der Waals surface area contributed by atoms with Crippen LogP contribution in [0.1, 0.15) is 82.6 Å². The van der Waals surface area contributed by atoms with Gasteiger partial charge in [0.1, 0.15) is 31.1 Å². The van der Waals surface area contributed by atoms with Gasteiger partial charge in [-0.2, -0.15) is 18.4 Å². The molecule has 0 radical (unpaired) electrons. The molecule has 17 nitrogen and oxygen atoms in total. The lowest BCUT2D eigenvalue weighted by atomic mass is 9.77. The number of anilines is 2. The normalized spacial score (nSPS) is 19.2. The first kappa shape index (κ1) is 51.8. The van der Waals surface area contributed by atoms with Gasteiger partial charge in [-0.1, -0.05) is 37.6 Å². The van der Waals surface area contributed by atoms with Crippen molar-refractivity contribution in [1.82, 2.24) is 30.0 Å². The number of rotatable bonds is 13. The van der Waals surface area contributed by atoms with E-state index >= 15 is 0 Å². The summed E-state index contributed by atoms with van der Waals surface area (Å²) in [6, 6.07) is 21.0. The number of halogens is 5. The molecule has 1 atom stereocenters. The zero-order chi connectivity index (χ0) is 51.5. The molecule has 5 aliphatic rings. The van der Waals surface area contributed by atoms with Crippen LogP contribution in [0, 0.1) is 11.3 Å². The predicted molar refractivity (Wildman–Crippen MR) is 259 cm³/mol. The van der Waals surface area contributed by atoms with Gasteiger partial charge in [-0.05, 0) is 78.9 Å². The number of aromatic nitrogens is 2. The highest BCUT2D eigenvalue weighted by Gasteiger charge is 2.45. The molecule has 1 aromatic heterocycles. The number of carboxylic acids is 1. The van der Waals surface area contributed by atoms with Crippen molar-refractivity contribution < 1.29 is 51.7 Å². The van der Waals surface area contributed by atoms with Crippen LogP contribution in [0.15, 0.2) is 66.9 Å². The average molecular weight is 1030 g/mol. The third kappa shape index (κ3) is 11.2. The quantitative estimate of drug-likeness (QED) is 0.116. The number of nitrogens with zero attached hydrogens (tertiary/aromatic N) is 8. The minimum Gasteiger partial charge on any atom is -0.489 e. The molecule has 4 fully saturated rings. The number of aliphatic carboxylic acids is 1. The molecule has 5 aliphatic heterocycles. The van der Waals surface area contributed by atoms with Gasteiger partial charge >= 0.3 is 12.1 Å². The Hall–Kier alpha value is -6.53. The number of piperazine rings is 1. The topological polar surface area (TPSA) is 202 Å². The maximum atomic E-state index is 13.3. The van der Waals surface area contributed by atoms with Crippen molar-refractivity contribution in [2.24, 2.45) is 0 Å². The highest BCUT2D eigenvalue weighted by atomic mass is 35.5. The van der Waals surface area contributed by atoms with Crippen molar-refractivity contribution in [2.75, 3.05) is 74.6 Å². The van der Waals surface area contributed by atoms with E-state index in [1.165, 1.54) is 0 Å². The van der Waals surface area contributed by atoms with Crippen molar-refractivity contribution in [2.45, 2.75) is 75.9 Å². The molecular formula is C50H52Cl2F3N9O8. The highest BCUT2D eigenvalue weighted by molar-refractivity contribution is 6.32. The molecule has 22 heteroatoms. The average Bonchev–Trinajstić information content (AvgIpc) is 3.60. The lowest BCUT2D eigenvalue weighted by Crippen LogP contribution is -2.62. The minimum absolute atomic E-state index is 0.0934. The van der Waals surface area contributed by atoms with Crippen molar-refractivity contribution in [3.05, 3.63) is 105 Å². The second-order valence-corrected chi connectivity index (χ2v) is 19.4. The van der Waals surface area contributed by atoms with E-state index in [9.17, 15) is 37.6 Å². The van der Waals surface area contributed by atoms with Crippen molar-refractivity contribution in [1.29, 1.82) is 5.26 Å². The van der Waals surface area contributed by atoms with E-state index in [4.69, 9.17) is 47.6 Å². The Balaban J connectivity index is 0.000000923. The smallest absolute Gasteiger partial charge is 0.489 e. The third-order valence-corrected chi connectivity index (χ3v) is 14.3. The molecule has 2 N–H and O–H groups in total. The number of benzene rings is 3. The van der Waals surface area contributed by atoms with Gasteiger partial charge in [0.25, 0.3) is 11.8 Å². The highest BCUT2D eigenvalue weighted by Crippen LogP contribution is 2.39. The van der Waals surface area contributed by atoms with Crippen LogP contribution in [-0.2, 0) is 26.4 Å². The number of carboxylic acid groups (broad SMARTS) is 1. The molecule has 0 spiro atoms. The predicted octanol–water partition coefficient (Wildman–Crippen LogP) is 6.03. The Labute approximate surface area is 423 Å². The number of piperidine rings is 2. The van der Waals surface area contributed by atoms with Crippen molar-refractivity contribution in [3.63, 3.8) is 0 Å². The summed E-state index contributed by atoms with van der Waals surface area (Å²) in [4.78, 5) is 79.7. The van der Waals surface area contributed by atoms with E-state index < -0.39 is 41.3 Å². The van der Waals surface area contributed by atoms with Gasteiger partial charge in [0.15, 0.2) is 5.75 Å². The number of fused-ring (bicyclic) bond motifs is 1. The molecule has 3 aromatic carbocycles. The third-order valence-electron chi connectivity index (χ3n) is 13.9. The molecular weight excluding hydrogens is 983 g/mol. The van der Waals surface area contributed by atoms with E-state index in [1.54, 1.807) is 18.3 Å². The van der Waals surface area contributed by atoms with Gasteiger partial charge in [-0.15, -0.1) is 11.6 Å². The number of hydrogen-bond donors (Lipinski definition) is 2. The zero-order valence-electron chi connectivity index (χ0n) is 39.5. The van der Waals surface area contributed by atoms with Crippen LogP contribution in [0.4, 0.5) is 24.8 Å². The molecule has 1 unspecified atom stereocenters. The lowest BCUT2D eigenvalue weighted by molar-refractivity contribution is -0.192. The zero-order valence-corrected chi connectivity index (χ0v) is 41.0. The largest absolute Gasteiger partial charge is 0.490 e. The molecule has 4 saturated heterocycles. The van der Waals surface area contributed by atoms with E-state index in [-0.39, 0.29) is 25.4 Å². The summed E-state index contributed by atoms with van der Waals surface area (Å²) >= 11 is 12.3. The first-order chi connectivity index (χ1) is 34.4. The second kappa shape index (κ2) is 21.7. The molecule has 0 aliphatic carbocycles. The first-order valence-electron chi connectivity index (χ1n) is 23.5. The molecule has 6 heterocycles. The number of carbonyl (C=O) groups is 5. The number of hydrogen-bond acceptors (Lipinski definition) is 14. The summed E-state index contributed by atoms with van der Waals surface area (Å²) in [6.45, 7) is 12.1. The fourth-order valence-corrected chi connectivity index (χ4v) is 10.0. The first-order valence-corrected chi connectivity index (χ1v) is 24.4. The Bertz CT molecular complexity index is 2760. The molecule has 9 rings (SSSR count). The fourth-order valence-electron chi connectivity index (χ4n) is 9.69. The van der Waals surface area contributed by atoms with Gasteiger partial charge in [-0.3, -0.25) is 39.2 Å². The Kier molecular flexibility index (Phi) is 15.6. The molecule has 0 bridgehead atoms. The number of nitriles is 1. The molecule has 4 aromatic rings. The minimum atomic E-state index is -5.08. The summed E-state index contributed by atoms with van der Waals surface area (Å²) in [5.74, 6) is -2.64. The van der Waals surface area contributed by atoms with Gasteiger partial charge in [-0.25, -0.2) is 14.8 Å². The molecule has 4 amide bonds. The lowest BCUT2D eigenvalue weighted by Gasteiger charge is -2.50. The van der Waals surface area contributed by atoms with Crippen LogP contribution in [0.5, 0.6) is 11.5 Å². The van der Waals surface area contributed by atoms with Gasteiger partial charge in [0.05, 0.1) is 33.3 Å². The SMILES string of the molecule is CC(C)(c1ccc(OCc2ccnc(N3CCN(C4CCN(C5CN(c6ccc7c(c6)C(=O)N(C6CCC(=O)NC6=O)C7=O)C5)CC4)CC3)n2)cc1)c1cc(Cl)c(OCCCl)c(C#N)c1.O=C(O)C(F)(F)F. The van der Waals surface area contributed by atoms with Crippen LogP contribution >= 0.6 is 23.2 Å².